The smallest absolute Gasteiger partial charge is 0.339 e. The summed E-state index contributed by atoms with van der Waals surface area (Å²) in [6.07, 6.45) is 1.72. The number of carbonyl (C=O) groups is 1. The topological polar surface area (TPSA) is 92.7 Å². The Labute approximate surface area is 150 Å². The molecule has 1 aromatic heterocycles. The fourth-order valence-electron chi connectivity index (χ4n) is 1.77. The Kier molecular flexibility index (Phi) is 6.62. The number of benzene rings is 1. The Morgan fingerprint density at radius 1 is 1.24 bits per heavy atom. The van der Waals surface area contributed by atoms with Gasteiger partial charge in [-0.15, -0.1) is 0 Å². The average Bonchev–Trinajstić information content (AvgIpc) is 3.01. The van der Waals surface area contributed by atoms with Gasteiger partial charge in [0.15, 0.2) is 0 Å². The molecule has 1 atom stereocenters. The molecule has 1 heterocycles. The quantitative estimate of drug-likeness (QED) is 0.432. The lowest BCUT2D eigenvalue weighted by Gasteiger charge is -2.09. The number of hydrogen-bond acceptors (Lipinski definition) is 6. The molecular weight excluding hydrogens is 342 g/mol. The van der Waals surface area contributed by atoms with E-state index in [2.05, 4.69) is 22.1 Å². The zero-order valence-corrected chi connectivity index (χ0v) is 14.9. The number of nitrogens with zero attached hydrogens (tertiary/aromatic N) is 1. The lowest BCUT2D eigenvalue weighted by molar-refractivity contribution is 0.161. The lowest BCUT2D eigenvalue weighted by Crippen LogP contribution is -2.38. The van der Waals surface area contributed by atoms with Crippen molar-refractivity contribution in [2.45, 2.75) is 32.9 Å². The number of aromatic nitrogens is 1. The van der Waals surface area contributed by atoms with E-state index in [1.54, 1.807) is 13.1 Å². The minimum atomic E-state index is -0.708. The maximum Gasteiger partial charge on any atom is 0.339 e. The van der Waals surface area contributed by atoms with Crippen molar-refractivity contribution in [3.05, 3.63) is 35.3 Å². The van der Waals surface area contributed by atoms with Crippen molar-refractivity contribution in [3.8, 4) is 28.5 Å². The van der Waals surface area contributed by atoms with Crippen molar-refractivity contribution in [3.63, 3.8) is 0 Å². The first-order valence-corrected chi connectivity index (χ1v) is 8.40. The van der Waals surface area contributed by atoms with Crippen LogP contribution in [-0.4, -0.2) is 28.4 Å². The Balaban J connectivity index is 1.94. The summed E-state index contributed by atoms with van der Waals surface area (Å²) in [6, 6.07) is 6.16. The molecule has 2 amide bonds. The van der Waals surface area contributed by atoms with Crippen molar-refractivity contribution in [2.75, 3.05) is 0 Å². The highest BCUT2D eigenvalue weighted by molar-refractivity contribution is 7.13. The highest BCUT2D eigenvalue weighted by atomic mass is 32.1. The van der Waals surface area contributed by atoms with E-state index in [4.69, 9.17) is 14.7 Å². The third-order valence-corrected chi connectivity index (χ3v) is 3.54. The molecule has 7 nitrogen and oxygen atoms in total. The molecule has 0 aliphatic carbocycles. The maximum absolute atomic E-state index is 10.9. The zero-order chi connectivity index (χ0) is 18.2. The molecule has 132 valence electrons. The van der Waals surface area contributed by atoms with Crippen LogP contribution in [0.25, 0.3) is 0 Å². The van der Waals surface area contributed by atoms with Gasteiger partial charge in [0.2, 0.25) is 0 Å². The fraction of sp³-hybridized carbons (Fsp3) is 0.294. The number of nitrogens with one attached hydrogen (secondary N) is 2. The number of amides is 2. The van der Waals surface area contributed by atoms with Crippen LogP contribution >= 0.6 is 11.3 Å². The third-order valence-electron chi connectivity index (χ3n) is 2.75. The standard InChI is InChI=1S/C17H19N3O4S/c1-11(2)23-13-5-7-14(8-6-13)24-17-18-10-15(25-17)9-4-12(3)19-16(21)20-22/h5-8,10-12,22H,1-3H3,(H2,19,20,21). The second-order valence-electron chi connectivity index (χ2n) is 5.31. The minimum absolute atomic E-state index is 0.118. The van der Waals surface area contributed by atoms with Gasteiger partial charge in [0, 0.05) is 0 Å². The number of urea groups is 1. The Morgan fingerprint density at radius 3 is 2.56 bits per heavy atom. The molecule has 0 saturated carbocycles. The molecule has 0 bridgehead atoms. The van der Waals surface area contributed by atoms with E-state index in [0.29, 0.717) is 15.8 Å². The van der Waals surface area contributed by atoms with Crippen LogP contribution in [0.4, 0.5) is 4.79 Å². The summed E-state index contributed by atoms with van der Waals surface area (Å²) in [4.78, 5) is 15.8. The predicted molar refractivity (Wildman–Crippen MR) is 94.2 cm³/mol. The molecule has 0 aliphatic heterocycles. The van der Waals surface area contributed by atoms with Crippen LogP contribution in [0.15, 0.2) is 30.5 Å². The first-order valence-electron chi connectivity index (χ1n) is 7.59. The Hall–Kier alpha value is -2.76. The van der Waals surface area contributed by atoms with Gasteiger partial charge in [-0.3, -0.25) is 5.21 Å². The zero-order valence-electron chi connectivity index (χ0n) is 14.1. The highest BCUT2D eigenvalue weighted by Crippen LogP contribution is 2.27. The molecule has 2 rings (SSSR count). The average molecular weight is 361 g/mol. The van der Waals surface area contributed by atoms with Gasteiger partial charge in [-0.1, -0.05) is 23.2 Å². The molecule has 3 N–H and O–H groups in total. The summed E-state index contributed by atoms with van der Waals surface area (Å²) in [7, 11) is 0. The van der Waals surface area contributed by atoms with Gasteiger partial charge >= 0.3 is 6.03 Å². The normalized spacial score (nSPS) is 11.2. The number of ether oxygens (including phenoxy) is 2. The molecule has 8 heteroatoms. The van der Waals surface area contributed by atoms with E-state index < -0.39 is 12.1 Å². The molecule has 0 radical (unpaired) electrons. The first-order chi connectivity index (χ1) is 12.0. The van der Waals surface area contributed by atoms with Crippen LogP contribution in [0.2, 0.25) is 0 Å². The van der Waals surface area contributed by atoms with Gasteiger partial charge in [-0.05, 0) is 45.0 Å². The van der Waals surface area contributed by atoms with Crippen molar-refractivity contribution >= 4 is 17.4 Å². The third kappa shape index (κ3) is 6.33. The van der Waals surface area contributed by atoms with Crippen LogP contribution in [0.3, 0.4) is 0 Å². The molecule has 2 aromatic rings. The Bertz CT molecular complexity index is 762. The Morgan fingerprint density at radius 2 is 1.92 bits per heavy atom. The molecule has 1 unspecified atom stereocenters. The molecule has 0 saturated heterocycles. The molecule has 1 aromatic carbocycles. The van der Waals surface area contributed by atoms with Crippen LogP contribution in [-0.2, 0) is 0 Å². The summed E-state index contributed by atoms with van der Waals surface area (Å²) in [5.41, 5.74) is 1.48. The van der Waals surface area contributed by atoms with Crippen LogP contribution in [0, 0.1) is 11.8 Å². The van der Waals surface area contributed by atoms with Crippen LogP contribution < -0.4 is 20.3 Å². The SMILES string of the molecule is CC(C#Cc1cnc(Oc2ccc(OC(C)C)cc2)s1)NC(=O)NO. The van der Waals surface area contributed by atoms with E-state index >= 15 is 0 Å². The monoisotopic (exact) mass is 361 g/mol. The van der Waals surface area contributed by atoms with Crippen molar-refractivity contribution in [1.82, 2.24) is 15.8 Å². The molecule has 0 spiro atoms. The lowest BCUT2D eigenvalue weighted by atomic mass is 10.3. The summed E-state index contributed by atoms with van der Waals surface area (Å²) in [6.45, 7) is 5.63. The fourth-order valence-corrected chi connectivity index (χ4v) is 2.41. The molecular formula is C17H19N3O4S. The summed E-state index contributed by atoms with van der Waals surface area (Å²) >= 11 is 1.29. The van der Waals surface area contributed by atoms with E-state index in [-0.39, 0.29) is 6.10 Å². The second kappa shape index (κ2) is 8.92. The summed E-state index contributed by atoms with van der Waals surface area (Å²) < 4.78 is 11.3. The number of rotatable bonds is 5. The van der Waals surface area contributed by atoms with Gasteiger partial charge in [0.05, 0.1) is 18.3 Å². The van der Waals surface area contributed by atoms with Gasteiger partial charge in [-0.2, -0.15) is 0 Å². The summed E-state index contributed by atoms with van der Waals surface area (Å²) in [5.74, 6) is 7.16. The van der Waals surface area contributed by atoms with Crippen molar-refractivity contribution < 1.29 is 19.5 Å². The van der Waals surface area contributed by atoms with E-state index in [0.717, 1.165) is 5.75 Å². The van der Waals surface area contributed by atoms with E-state index in [9.17, 15) is 4.79 Å². The molecule has 0 aliphatic rings. The number of hydrogen-bond donors (Lipinski definition) is 3. The second-order valence-corrected chi connectivity index (χ2v) is 6.30. The molecule has 25 heavy (non-hydrogen) atoms. The number of carbonyl (C=O) groups excluding carboxylic acids is 1. The number of thiazole rings is 1. The van der Waals surface area contributed by atoms with Gasteiger partial charge < -0.3 is 14.8 Å². The maximum atomic E-state index is 10.9. The van der Waals surface area contributed by atoms with E-state index in [1.165, 1.54) is 16.8 Å². The minimum Gasteiger partial charge on any atom is -0.491 e. The predicted octanol–water partition coefficient (Wildman–Crippen LogP) is 3.15. The van der Waals surface area contributed by atoms with Gasteiger partial charge in [0.25, 0.3) is 5.19 Å². The van der Waals surface area contributed by atoms with Crippen molar-refractivity contribution in [1.29, 1.82) is 0 Å². The van der Waals surface area contributed by atoms with Gasteiger partial charge in [-0.25, -0.2) is 15.3 Å². The van der Waals surface area contributed by atoms with Gasteiger partial charge in [0.1, 0.15) is 16.4 Å². The number of hydroxylamine groups is 1. The first kappa shape index (κ1) is 18.6. The summed E-state index contributed by atoms with van der Waals surface area (Å²) in [5, 5.41) is 11.3. The van der Waals surface area contributed by atoms with Crippen LogP contribution in [0.1, 0.15) is 25.6 Å². The van der Waals surface area contributed by atoms with Crippen LogP contribution in [0.5, 0.6) is 16.7 Å². The van der Waals surface area contributed by atoms with Crippen molar-refractivity contribution in [2.24, 2.45) is 0 Å². The highest BCUT2D eigenvalue weighted by Gasteiger charge is 2.05. The largest absolute Gasteiger partial charge is 0.491 e. The van der Waals surface area contributed by atoms with E-state index in [1.807, 2.05) is 38.1 Å². The molecule has 0 fully saturated rings.